The Kier molecular flexibility index (Phi) is 5.86. The van der Waals surface area contributed by atoms with Gasteiger partial charge in [-0.05, 0) is 49.7 Å². The third-order valence-corrected chi connectivity index (χ3v) is 5.24. The van der Waals surface area contributed by atoms with Gasteiger partial charge in [0.2, 0.25) is 5.91 Å². The lowest BCUT2D eigenvalue weighted by Gasteiger charge is -2.14. The zero-order valence-corrected chi connectivity index (χ0v) is 16.4. The van der Waals surface area contributed by atoms with Crippen LogP contribution in [-0.4, -0.2) is 25.9 Å². The van der Waals surface area contributed by atoms with Crippen LogP contribution < -0.4 is 5.32 Å². The lowest BCUT2D eigenvalue weighted by atomic mass is 10.2. The minimum atomic E-state index is -0.379. The van der Waals surface area contributed by atoms with Gasteiger partial charge in [0.1, 0.15) is 6.33 Å². The Morgan fingerprint density at radius 1 is 1.19 bits per heavy atom. The Morgan fingerprint density at radius 2 is 1.96 bits per heavy atom. The standard InChI is InChI=1S/C18H16Cl2N4OS/c1-11-6-7-14(20)9-16(11)22-17(25)12(2)26-18-23-21-10-24(18)15-5-3-4-13(19)8-15/h3-10,12H,1-2H3,(H,22,25). The number of halogens is 2. The molecule has 5 nitrogen and oxygen atoms in total. The summed E-state index contributed by atoms with van der Waals surface area (Å²) in [7, 11) is 0. The molecule has 0 saturated heterocycles. The van der Waals surface area contributed by atoms with E-state index in [9.17, 15) is 4.79 Å². The maximum Gasteiger partial charge on any atom is 0.237 e. The molecule has 0 aliphatic rings. The summed E-state index contributed by atoms with van der Waals surface area (Å²) in [4.78, 5) is 12.6. The summed E-state index contributed by atoms with van der Waals surface area (Å²) in [5, 5.41) is 12.4. The highest BCUT2D eigenvalue weighted by atomic mass is 35.5. The van der Waals surface area contributed by atoms with Crippen molar-refractivity contribution in [3.63, 3.8) is 0 Å². The molecule has 3 rings (SSSR count). The molecule has 0 bridgehead atoms. The molecular formula is C18H16Cl2N4OS. The first-order chi connectivity index (χ1) is 12.4. The highest BCUT2D eigenvalue weighted by Gasteiger charge is 2.19. The van der Waals surface area contributed by atoms with Crippen LogP contribution in [0.4, 0.5) is 5.69 Å². The number of thioether (sulfide) groups is 1. The fourth-order valence-corrected chi connectivity index (χ4v) is 3.48. The van der Waals surface area contributed by atoms with Crippen molar-refractivity contribution in [3.05, 3.63) is 64.4 Å². The van der Waals surface area contributed by atoms with E-state index in [1.807, 2.05) is 38.1 Å². The molecule has 1 unspecified atom stereocenters. The molecule has 0 fully saturated rings. The van der Waals surface area contributed by atoms with Gasteiger partial charge in [-0.1, -0.05) is 47.1 Å². The van der Waals surface area contributed by atoms with E-state index in [-0.39, 0.29) is 11.2 Å². The topological polar surface area (TPSA) is 59.8 Å². The van der Waals surface area contributed by atoms with Gasteiger partial charge in [-0.2, -0.15) is 0 Å². The predicted molar refractivity (Wildman–Crippen MR) is 107 cm³/mol. The van der Waals surface area contributed by atoms with Gasteiger partial charge < -0.3 is 5.32 Å². The number of anilines is 1. The average molecular weight is 407 g/mol. The second kappa shape index (κ2) is 8.12. The van der Waals surface area contributed by atoms with Gasteiger partial charge in [-0.15, -0.1) is 10.2 Å². The number of carbonyl (C=O) groups excluding carboxylic acids is 1. The van der Waals surface area contributed by atoms with Gasteiger partial charge in [0.15, 0.2) is 5.16 Å². The summed E-state index contributed by atoms with van der Waals surface area (Å²) in [5.74, 6) is -0.138. The summed E-state index contributed by atoms with van der Waals surface area (Å²) in [6.45, 7) is 3.73. The first-order valence-electron chi connectivity index (χ1n) is 7.83. The quantitative estimate of drug-likeness (QED) is 0.605. The Labute approximate surface area is 165 Å². The van der Waals surface area contributed by atoms with Crippen molar-refractivity contribution in [3.8, 4) is 5.69 Å². The average Bonchev–Trinajstić information content (AvgIpc) is 3.06. The van der Waals surface area contributed by atoms with Crippen LogP contribution in [0.25, 0.3) is 5.69 Å². The number of hydrogen-bond donors (Lipinski definition) is 1. The van der Waals surface area contributed by atoms with Crippen molar-refractivity contribution < 1.29 is 4.79 Å². The van der Waals surface area contributed by atoms with Crippen LogP contribution in [0, 0.1) is 6.92 Å². The highest BCUT2D eigenvalue weighted by molar-refractivity contribution is 8.00. The predicted octanol–water partition coefficient (Wildman–Crippen LogP) is 5.00. The van der Waals surface area contributed by atoms with E-state index in [1.54, 1.807) is 29.1 Å². The van der Waals surface area contributed by atoms with Gasteiger partial charge in [-0.25, -0.2) is 0 Å². The summed E-state index contributed by atoms with van der Waals surface area (Å²) in [6, 6.07) is 12.8. The van der Waals surface area contributed by atoms with E-state index in [0.717, 1.165) is 11.3 Å². The molecule has 0 radical (unpaired) electrons. The Balaban J connectivity index is 1.74. The second-order valence-corrected chi connectivity index (χ2v) is 7.85. The van der Waals surface area contributed by atoms with E-state index in [0.29, 0.717) is 20.9 Å². The Hall–Kier alpha value is -2.02. The van der Waals surface area contributed by atoms with Crippen molar-refractivity contribution in [2.75, 3.05) is 5.32 Å². The summed E-state index contributed by atoms with van der Waals surface area (Å²) in [5.41, 5.74) is 2.48. The van der Waals surface area contributed by atoms with Crippen molar-refractivity contribution in [2.24, 2.45) is 0 Å². The molecule has 26 heavy (non-hydrogen) atoms. The van der Waals surface area contributed by atoms with Crippen molar-refractivity contribution >= 4 is 46.6 Å². The third-order valence-electron chi connectivity index (χ3n) is 3.71. The minimum absolute atomic E-state index is 0.138. The number of nitrogens with one attached hydrogen (secondary N) is 1. The number of hydrogen-bond acceptors (Lipinski definition) is 4. The molecule has 1 N–H and O–H groups in total. The molecular weight excluding hydrogens is 391 g/mol. The van der Waals surface area contributed by atoms with E-state index < -0.39 is 0 Å². The molecule has 1 amide bonds. The van der Waals surface area contributed by atoms with Crippen LogP contribution in [0.5, 0.6) is 0 Å². The normalized spacial score (nSPS) is 12.0. The number of nitrogens with zero attached hydrogens (tertiary/aromatic N) is 3. The van der Waals surface area contributed by atoms with Crippen LogP contribution in [-0.2, 0) is 4.79 Å². The molecule has 1 aromatic heterocycles. The molecule has 0 saturated carbocycles. The van der Waals surface area contributed by atoms with E-state index in [2.05, 4.69) is 15.5 Å². The van der Waals surface area contributed by atoms with Crippen LogP contribution >= 0.6 is 35.0 Å². The van der Waals surface area contributed by atoms with Gasteiger partial charge in [0, 0.05) is 15.7 Å². The maximum absolute atomic E-state index is 12.6. The molecule has 2 aromatic carbocycles. The Bertz CT molecular complexity index is 944. The molecule has 0 aliphatic heterocycles. The zero-order chi connectivity index (χ0) is 18.7. The van der Waals surface area contributed by atoms with Crippen molar-refractivity contribution in [1.82, 2.24) is 14.8 Å². The SMILES string of the molecule is Cc1ccc(Cl)cc1NC(=O)C(C)Sc1nncn1-c1cccc(Cl)c1. The van der Waals surface area contributed by atoms with Crippen LogP contribution in [0.15, 0.2) is 53.9 Å². The summed E-state index contributed by atoms with van der Waals surface area (Å²) < 4.78 is 1.80. The zero-order valence-electron chi connectivity index (χ0n) is 14.1. The monoisotopic (exact) mass is 406 g/mol. The molecule has 0 spiro atoms. The molecule has 3 aromatic rings. The largest absolute Gasteiger partial charge is 0.325 e. The van der Waals surface area contributed by atoms with Crippen LogP contribution in [0.2, 0.25) is 10.0 Å². The van der Waals surface area contributed by atoms with E-state index >= 15 is 0 Å². The Morgan fingerprint density at radius 3 is 2.73 bits per heavy atom. The van der Waals surface area contributed by atoms with E-state index in [1.165, 1.54) is 11.8 Å². The molecule has 1 heterocycles. The van der Waals surface area contributed by atoms with Gasteiger partial charge >= 0.3 is 0 Å². The highest BCUT2D eigenvalue weighted by Crippen LogP contribution is 2.27. The second-order valence-electron chi connectivity index (χ2n) is 5.67. The molecule has 134 valence electrons. The number of benzene rings is 2. The van der Waals surface area contributed by atoms with Crippen LogP contribution in [0.3, 0.4) is 0 Å². The first kappa shape index (κ1) is 18.8. The number of aromatic nitrogens is 3. The lowest BCUT2D eigenvalue weighted by molar-refractivity contribution is -0.115. The number of rotatable bonds is 5. The molecule has 0 aliphatic carbocycles. The van der Waals surface area contributed by atoms with Gasteiger partial charge in [0.05, 0.1) is 10.9 Å². The first-order valence-corrected chi connectivity index (χ1v) is 9.47. The van der Waals surface area contributed by atoms with Gasteiger partial charge in [-0.3, -0.25) is 9.36 Å². The molecule has 1 atom stereocenters. The lowest BCUT2D eigenvalue weighted by Crippen LogP contribution is -2.23. The fraction of sp³-hybridized carbons (Fsp3) is 0.167. The number of aryl methyl sites for hydroxylation is 1. The fourth-order valence-electron chi connectivity index (χ4n) is 2.28. The maximum atomic E-state index is 12.6. The number of amides is 1. The van der Waals surface area contributed by atoms with Crippen molar-refractivity contribution in [2.45, 2.75) is 24.3 Å². The summed E-state index contributed by atoms with van der Waals surface area (Å²) in [6.07, 6.45) is 1.60. The molecule has 8 heteroatoms. The smallest absolute Gasteiger partial charge is 0.237 e. The van der Waals surface area contributed by atoms with Crippen molar-refractivity contribution in [1.29, 1.82) is 0 Å². The van der Waals surface area contributed by atoms with E-state index in [4.69, 9.17) is 23.2 Å². The third kappa shape index (κ3) is 4.38. The minimum Gasteiger partial charge on any atom is -0.325 e. The van der Waals surface area contributed by atoms with Crippen LogP contribution in [0.1, 0.15) is 12.5 Å². The number of carbonyl (C=O) groups is 1. The van der Waals surface area contributed by atoms with Gasteiger partial charge in [0.25, 0.3) is 0 Å². The summed E-state index contributed by atoms with van der Waals surface area (Å²) >= 11 is 13.4.